The van der Waals surface area contributed by atoms with E-state index in [1.807, 2.05) is 0 Å². The Morgan fingerprint density at radius 1 is 1.09 bits per heavy atom. The molecule has 33 heavy (non-hydrogen) atoms. The van der Waals surface area contributed by atoms with Crippen molar-refractivity contribution in [3.63, 3.8) is 0 Å². The van der Waals surface area contributed by atoms with Gasteiger partial charge in [-0.1, -0.05) is 0 Å². The number of nitrogens with zero attached hydrogens (tertiary/aromatic N) is 3. The molecule has 11 heteroatoms. The minimum absolute atomic E-state index is 0.0206. The average molecular weight is 467 g/mol. The van der Waals surface area contributed by atoms with Crippen molar-refractivity contribution in [2.45, 2.75) is 65.2 Å². The molecular formula is C22H30FN3O7. The van der Waals surface area contributed by atoms with Crippen molar-refractivity contribution in [1.82, 2.24) is 10.1 Å². The molecule has 2 amide bonds. The molecule has 1 unspecified atom stereocenters. The highest BCUT2D eigenvalue weighted by atomic mass is 19.1. The minimum Gasteiger partial charge on any atom is -0.494 e. The van der Waals surface area contributed by atoms with E-state index >= 15 is 0 Å². The Kier molecular flexibility index (Phi) is 6.96. The number of benzene rings is 1. The number of amides is 2. The first-order chi connectivity index (χ1) is 15.0. The first kappa shape index (κ1) is 25.9. The maximum absolute atomic E-state index is 14.4. The number of carbonyl (C=O) groups excluding carboxylic acids is 3. The van der Waals surface area contributed by atoms with E-state index in [1.165, 1.54) is 33.2 Å². The smallest absolute Gasteiger partial charge is 0.494 e. The number of methoxy groups -OCH3 is 1. The predicted molar refractivity (Wildman–Crippen MR) is 116 cm³/mol. The molecule has 0 aliphatic carbocycles. The molecule has 0 bridgehead atoms. The van der Waals surface area contributed by atoms with E-state index in [2.05, 4.69) is 5.10 Å². The number of hydrazone groups is 1. The lowest BCUT2D eigenvalue weighted by molar-refractivity contribution is -0.176. The van der Waals surface area contributed by atoms with Gasteiger partial charge in [-0.3, -0.25) is 9.63 Å². The first-order valence-electron chi connectivity index (χ1n) is 10.1. The second kappa shape index (κ2) is 8.87. The minimum atomic E-state index is -1.99. The summed E-state index contributed by atoms with van der Waals surface area (Å²) in [7, 11) is 2.67. The number of hydrogen-bond acceptors (Lipinski definition) is 8. The SMILES string of the molecule is COc1ccc(C2=NN(C)C(=O)C2(C)N(OC(=O)OC(C)(C)C)C(=O)OC(C)(C)C)cc1F. The maximum Gasteiger partial charge on any atom is 0.534 e. The normalized spacial score (nSPS) is 18.5. The van der Waals surface area contributed by atoms with E-state index in [9.17, 15) is 18.8 Å². The molecule has 10 nitrogen and oxygen atoms in total. The highest BCUT2D eigenvalue weighted by molar-refractivity contribution is 6.24. The predicted octanol–water partition coefficient (Wildman–Crippen LogP) is 3.87. The molecule has 0 aromatic heterocycles. The summed E-state index contributed by atoms with van der Waals surface area (Å²) in [6.07, 6.45) is -2.38. The van der Waals surface area contributed by atoms with Gasteiger partial charge in [0.25, 0.3) is 5.91 Å². The molecule has 1 aliphatic rings. The molecule has 0 saturated carbocycles. The van der Waals surface area contributed by atoms with Gasteiger partial charge in [-0.2, -0.15) is 5.10 Å². The Morgan fingerprint density at radius 3 is 2.15 bits per heavy atom. The van der Waals surface area contributed by atoms with Crippen LogP contribution in [0.4, 0.5) is 14.0 Å². The second-order valence-electron chi connectivity index (χ2n) is 9.53. The van der Waals surface area contributed by atoms with Crippen LogP contribution in [0, 0.1) is 5.82 Å². The van der Waals surface area contributed by atoms with Crippen LogP contribution in [0.5, 0.6) is 5.75 Å². The van der Waals surface area contributed by atoms with Gasteiger partial charge >= 0.3 is 12.2 Å². The zero-order valence-electron chi connectivity index (χ0n) is 20.3. The molecule has 1 aromatic rings. The molecule has 1 aromatic carbocycles. The van der Waals surface area contributed by atoms with Gasteiger partial charge in [0, 0.05) is 12.6 Å². The zero-order chi connectivity index (χ0) is 25.4. The van der Waals surface area contributed by atoms with Crippen LogP contribution in [0.2, 0.25) is 0 Å². The fourth-order valence-electron chi connectivity index (χ4n) is 3.00. The van der Waals surface area contributed by atoms with E-state index in [4.69, 9.17) is 19.0 Å². The number of halogens is 1. The topological polar surface area (TPSA) is 107 Å². The Balaban J connectivity index is 2.60. The van der Waals surface area contributed by atoms with Gasteiger partial charge in [0.05, 0.1) is 7.11 Å². The maximum atomic E-state index is 14.4. The fraction of sp³-hybridized carbons (Fsp3) is 0.545. The van der Waals surface area contributed by atoms with Gasteiger partial charge < -0.3 is 14.2 Å². The number of hydrogen-bond donors (Lipinski definition) is 0. The number of rotatable bonds is 3. The highest BCUT2D eigenvalue weighted by Crippen LogP contribution is 2.33. The molecule has 0 radical (unpaired) electrons. The van der Waals surface area contributed by atoms with E-state index in [1.54, 1.807) is 41.5 Å². The van der Waals surface area contributed by atoms with E-state index in [0.717, 1.165) is 11.1 Å². The Hall–Kier alpha value is -3.37. The summed E-state index contributed by atoms with van der Waals surface area (Å²) in [5, 5.41) is 5.62. The molecule has 0 fully saturated rings. The molecule has 1 heterocycles. The third-order valence-electron chi connectivity index (χ3n) is 4.37. The van der Waals surface area contributed by atoms with Gasteiger partial charge in [-0.15, -0.1) is 5.06 Å². The summed E-state index contributed by atoms with van der Waals surface area (Å²) >= 11 is 0. The molecule has 182 valence electrons. The van der Waals surface area contributed by atoms with Crippen LogP contribution >= 0.6 is 0 Å². The summed E-state index contributed by atoms with van der Waals surface area (Å²) in [5.41, 5.74) is -3.81. The van der Waals surface area contributed by atoms with Crippen LogP contribution in [0.15, 0.2) is 23.3 Å². The van der Waals surface area contributed by atoms with Crippen molar-refractivity contribution in [3.05, 3.63) is 29.6 Å². The summed E-state index contributed by atoms with van der Waals surface area (Å²) in [4.78, 5) is 44.0. The van der Waals surface area contributed by atoms with Gasteiger partial charge in [0.2, 0.25) is 5.54 Å². The highest BCUT2D eigenvalue weighted by Gasteiger charge is 2.57. The second-order valence-corrected chi connectivity index (χ2v) is 9.53. The van der Waals surface area contributed by atoms with Gasteiger partial charge in [-0.05, 0) is 66.7 Å². The van der Waals surface area contributed by atoms with Crippen LogP contribution in [0.1, 0.15) is 54.0 Å². The third-order valence-corrected chi connectivity index (χ3v) is 4.37. The molecule has 1 atom stereocenters. The lowest BCUT2D eigenvalue weighted by Gasteiger charge is -2.36. The van der Waals surface area contributed by atoms with Crippen LogP contribution in [0.25, 0.3) is 0 Å². The van der Waals surface area contributed by atoms with Crippen LogP contribution in [0.3, 0.4) is 0 Å². The fourth-order valence-corrected chi connectivity index (χ4v) is 3.00. The number of ether oxygens (including phenoxy) is 3. The van der Waals surface area contributed by atoms with E-state index in [0.29, 0.717) is 5.06 Å². The van der Waals surface area contributed by atoms with Gasteiger partial charge in [-0.25, -0.2) is 19.0 Å². The summed E-state index contributed by atoms with van der Waals surface area (Å²) < 4.78 is 29.9. The number of carbonyl (C=O) groups is 3. The number of hydroxylamine groups is 2. The lowest BCUT2D eigenvalue weighted by Crippen LogP contribution is -2.61. The van der Waals surface area contributed by atoms with Crippen molar-refractivity contribution in [3.8, 4) is 5.75 Å². The monoisotopic (exact) mass is 467 g/mol. The average Bonchev–Trinajstić information content (AvgIpc) is 2.88. The quantitative estimate of drug-likeness (QED) is 0.491. The van der Waals surface area contributed by atoms with E-state index in [-0.39, 0.29) is 17.0 Å². The van der Waals surface area contributed by atoms with Gasteiger partial charge in [0.15, 0.2) is 11.6 Å². The molecule has 0 spiro atoms. The van der Waals surface area contributed by atoms with Crippen LogP contribution in [-0.4, -0.2) is 64.8 Å². The zero-order valence-corrected chi connectivity index (χ0v) is 20.3. The number of likely N-dealkylation sites (N-methyl/N-ethyl adjacent to an activating group) is 1. The first-order valence-corrected chi connectivity index (χ1v) is 10.1. The third kappa shape index (κ3) is 5.71. The van der Waals surface area contributed by atoms with Crippen molar-refractivity contribution in [1.29, 1.82) is 0 Å². The molecule has 2 rings (SSSR count). The van der Waals surface area contributed by atoms with Crippen LogP contribution < -0.4 is 4.74 Å². The Morgan fingerprint density at radius 2 is 1.67 bits per heavy atom. The van der Waals surface area contributed by atoms with Crippen molar-refractivity contribution < 1.29 is 37.8 Å². The lowest BCUT2D eigenvalue weighted by atomic mass is 9.90. The largest absolute Gasteiger partial charge is 0.534 e. The van der Waals surface area contributed by atoms with E-state index < -0.39 is 40.7 Å². The Bertz CT molecular complexity index is 981. The van der Waals surface area contributed by atoms with Crippen LogP contribution in [-0.2, 0) is 19.1 Å². The standard InChI is InChI=1S/C22H30FN3O7/c1-20(2,3)31-18(28)26(33-19(29)32-21(4,5)6)22(7)16(24-25(8)17(22)27)13-10-11-15(30-9)14(23)12-13/h10-12H,1-9H3. The van der Waals surface area contributed by atoms with Gasteiger partial charge in [0.1, 0.15) is 16.9 Å². The van der Waals surface area contributed by atoms with Crippen molar-refractivity contribution in [2.75, 3.05) is 14.2 Å². The summed E-state index contributed by atoms with van der Waals surface area (Å²) in [5.74, 6) is -1.45. The molecule has 0 N–H and O–H groups in total. The molecule has 0 saturated heterocycles. The van der Waals surface area contributed by atoms with Crippen molar-refractivity contribution in [2.24, 2.45) is 5.10 Å². The molecule has 1 aliphatic heterocycles. The molecular weight excluding hydrogens is 437 g/mol. The summed E-state index contributed by atoms with van der Waals surface area (Å²) in [6, 6.07) is 3.91. The summed E-state index contributed by atoms with van der Waals surface area (Å²) in [6.45, 7) is 11.0. The Labute approximate surface area is 192 Å². The van der Waals surface area contributed by atoms with Crippen molar-refractivity contribution >= 4 is 23.9 Å².